The molecule has 4 N–H and O–H groups in total. The summed E-state index contributed by atoms with van der Waals surface area (Å²) < 4.78 is 0. The number of nitrogens with one attached hydrogen (secondary N) is 2. The molecule has 3 aromatic rings. The lowest BCUT2D eigenvalue weighted by atomic mass is 10.1. The molecule has 2 amide bonds. The Balaban J connectivity index is 0.000000194. The monoisotopic (exact) mass is 364 g/mol. The molecule has 9 nitrogen and oxygen atoms in total. The topological polar surface area (TPSA) is 143 Å². The van der Waals surface area contributed by atoms with Gasteiger partial charge >= 0.3 is 11.7 Å². The number of amides is 2. The van der Waals surface area contributed by atoms with Gasteiger partial charge in [0.1, 0.15) is 11.4 Å². The van der Waals surface area contributed by atoms with E-state index in [1.54, 1.807) is 24.3 Å². The van der Waals surface area contributed by atoms with Crippen molar-refractivity contribution in [2.75, 3.05) is 0 Å². The molecule has 27 heavy (non-hydrogen) atoms. The summed E-state index contributed by atoms with van der Waals surface area (Å²) >= 11 is 0. The van der Waals surface area contributed by atoms with E-state index >= 15 is 0 Å². The molecule has 1 aromatic heterocycles. The summed E-state index contributed by atoms with van der Waals surface area (Å²) in [5, 5.41) is 9.67. The summed E-state index contributed by atoms with van der Waals surface area (Å²) in [5.41, 5.74) is 8.71. The van der Waals surface area contributed by atoms with Crippen LogP contribution in [0.25, 0.3) is 11.3 Å². The SMILES string of the molecule is NC(=O)NN=C(C=O)c1ccccc1.O=c1ncc(-c2ccccc2)n[nH]1. The summed E-state index contributed by atoms with van der Waals surface area (Å²) in [6, 6.07) is 17.5. The number of hydrogen-bond acceptors (Lipinski definition) is 6. The summed E-state index contributed by atoms with van der Waals surface area (Å²) in [4.78, 5) is 35.1. The van der Waals surface area contributed by atoms with Crippen molar-refractivity contribution in [2.45, 2.75) is 0 Å². The normalized spacial score (nSPS) is 10.3. The van der Waals surface area contributed by atoms with Crippen molar-refractivity contribution in [3.05, 3.63) is 82.9 Å². The van der Waals surface area contributed by atoms with Crippen molar-refractivity contribution in [1.82, 2.24) is 20.6 Å². The number of hydrogen-bond donors (Lipinski definition) is 3. The maximum Gasteiger partial charge on any atom is 0.361 e. The maximum atomic E-state index is 10.6. The van der Waals surface area contributed by atoms with Gasteiger partial charge < -0.3 is 5.73 Å². The zero-order valence-corrected chi connectivity index (χ0v) is 14.1. The number of carbonyl (C=O) groups excluding carboxylic acids is 2. The average molecular weight is 364 g/mol. The minimum absolute atomic E-state index is 0.129. The highest BCUT2D eigenvalue weighted by molar-refractivity contribution is 6.36. The Bertz CT molecular complexity index is 951. The van der Waals surface area contributed by atoms with Crippen molar-refractivity contribution in [3.8, 4) is 11.3 Å². The molecule has 3 rings (SSSR count). The number of aromatic amines is 1. The van der Waals surface area contributed by atoms with E-state index in [1.807, 2.05) is 41.8 Å². The van der Waals surface area contributed by atoms with Crippen LogP contribution in [0.15, 0.2) is 76.8 Å². The predicted molar refractivity (Wildman–Crippen MR) is 99.9 cm³/mol. The van der Waals surface area contributed by atoms with Crippen molar-refractivity contribution in [3.63, 3.8) is 0 Å². The number of nitrogens with zero attached hydrogens (tertiary/aromatic N) is 3. The van der Waals surface area contributed by atoms with E-state index in [4.69, 9.17) is 5.73 Å². The molecular weight excluding hydrogens is 348 g/mol. The van der Waals surface area contributed by atoms with E-state index < -0.39 is 11.7 Å². The van der Waals surface area contributed by atoms with Gasteiger partial charge in [-0.1, -0.05) is 60.7 Å². The molecule has 2 aromatic carbocycles. The van der Waals surface area contributed by atoms with Gasteiger partial charge in [0, 0.05) is 11.1 Å². The Morgan fingerprint density at radius 3 is 2.22 bits per heavy atom. The highest BCUT2D eigenvalue weighted by atomic mass is 16.2. The third-order valence-corrected chi connectivity index (χ3v) is 3.11. The number of nitrogens with two attached hydrogens (primary N) is 1. The lowest BCUT2D eigenvalue weighted by Gasteiger charge is -1.98. The van der Waals surface area contributed by atoms with E-state index in [0.717, 1.165) is 5.56 Å². The first-order valence-corrected chi connectivity index (χ1v) is 7.71. The number of urea groups is 1. The molecule has 9 heteroatoms. The largest absolute Gasteiger partial charge is 0.361 e. The minimum atomic E-state index is -0.805. The van der Waals surface area contributed by atoms with E-state index in [-0.39, 0.29) is 5.71 Å². The second kappa shape index (κ2) is 9.99. The fourth-order valence-electron chi connectivity index (χ4n) is 1.92. The van der Waals surface area contributed by atoms with Crippen molar-refractivity contribution in [1.29, 1.82) is 0 Å². The minimum Gasteiger partial charge on any atom is -0.350 e. The number of hydrazone groups is 1. The Morgan fingerprint density at radius 1 is 1.07 bits per heavy atom. The first-order chi connectivity index (χ1) is 13.1. The molecule has 0 fully saturated rings. The van der Waals surface area contributed by atoms with Gasteiger partial charge in [0.05, 0.1) is 6.20 Å². The zero-order chi connectivity index (χ0) is 19.5. The van der Waals surface area contributed by atoms with Crippen LogP contribution in [-0.4, -0.2) is 33.2 Å². The summed E-state index contributed by atoms with van der Waals surface area (Å²) in [5.74, 6) is 0. The second-order valence-corrected chi connectivity index (χ2v) is 5.00. The van der Waals surface area contributed by atoms with Gasteiger partial charge in [0.2, 0.25) is 0 Å². The second-order valence-electron chi connectivity index (χ2n) is 5.00. The van der Waals surface area contributed by atoms with Gasteiger partial charge in [-0.3, -0.25) is 4.79 Å². The number of benzene rings is 2. The number of H-pyrrole nitrogens is 1. The quantitative estimate of drug-likeness (QED) is 0.361. The standard InChI is InChI=1S/C9H9N3O2.C9H7N3O/c10-9(14)12-11-8(6-13)7-4-2-1-3-5-7;13-9-10-6-8(11-12-9)7-4-2-1-3-5-7/h1-6H,(H3,10,12,14);1-6H,(H,10,12,13). The predicted octanol–water partition coefficient (Wildman–Crippen LogP) is 1.09. The number of carbonyl (C=O) groups is 2. The Labute approximate surface area is 154 Å². The lowest BCUT2D eigenvalue weighted by Crippen LogP contribution is -2.26. The lowest BCUT2D eigenvalue weighted by molar-refractivity contribution is -0.102. The van der Waals surface area contributed by atoms with Crippen molar-refractivity contribution < 1.29 is 9.59 Å². The zero-order valence-electron chi connectivity index (χ0n) is 14.1. The van der Waals surface area contributed by atoms with Crippen LogP contribution >= 0.6 is 0 Å². The van der Waals surface area contributed by atoms with Crippen molar-refractivity contribution >= 4 is 18.0 Å². The Hall–Kier alpha value is -4.14. The molecule has 0 atom stereocenters. The summed E-state index contributed by atoms with van der Waals surface area (Å²) in [6.45, 7) is 0. The molecule has 0 unspecified atom stereocenters. The Kier molecular flexibility index (Phi) is 7.10. The number of rotatable bonds is 4. The third-order valence-electron chi connectivity index (χ3n) is 3.11. The van der Waals surface area contributed by atoms with Crippen LogP contribution in [0.3, 0.4) is 0 Å². The third kappa shape index (κ3) is 6.35. The smallest absolute Gasteiger partial charge is 0.350 e. The summed E-state index contributed by atoms with van der Waals surface area (Å²) in [7, 11) is 0. The van der Waals surface area contributed by atoms with Crippen LogP contribution in [0.4, 0.5) is 4.79 Å². The Morgan fingerprint density at radius 2 is 1.70 bits per heavy atom. The fourth-order valence-corrected chi connectivity index (χ4v) is 1.92. The van der Waals surface area contributed by atoms with Crippen LogP contribution < -0.4 is 16.8 Å². The van der Waals surface area contributed by atoms with Gasteiger partial charge in [0.15, 0.2) is 6.29 Å². The molecule has 0 saturated carbocycles. The van der Waals surface area contributed by atoms with Gasteiger partial charge in [-0.15, -0.1) is 0 Å². The van der Waals surface area contributed by atoms with Crippen LogP contribution in [0.2, 0.25) is 0 Å². The van der Waals surface area contributed by atoms with Gasteiger partial charge in [0.25, 0.3) is 0 Å². The van der Waals surface area contributed by atoms with Gasteiger partial charge in [-0.2, -0.15) is 15.2 Å². The highest BCUT2D eigenvalue weighted by Crippen LogP contribution is 2.12. The first kappa shape index (κ1) is 19.2. The van der Waals surface area contributed by atoms with Crippen LogP contribution in [0, 0.1) is 0 Å². The maximum absolute atomic E-state index is 10.6. The van der Waals surface area contributed by atoms with Crippen LogP contribution in [0.1, 0.15) is 5.56 Å². The number of aldehydes is 1. The molecular formula is C18H16N6O3. The highest BCUT2D eigenvalue weighted by Gasteiger charge is 2.01. The molecule has 0 aliphatic rings. The molecule has 0 spiro atoms. The molecule has 0 aliphatic heterocycles. The average Bonchev–Trinajstić information content (AvgIpc) is 2.71. The van der Waals surface area contributed by atoms with E-state index in [0.29, 0.717) is 17.5 Å². The van der Waals surface area contributed by atoms with Crippen LogP contribution in [0.5, 0.6) is 0 Å². The molecule has 1 heterocycles. The van der Waals surface area contributed by atoms with E-state index in [1.165, 1.54) is 6.20 Å². The molecule has 0 bridgehead atoms. The van der Waals surface area contributed by atoms with Crippen LogP contribution in [-0.2, 0) is 4.79 Å². The van der Waals surface area contributed by atoms with Gasteiger partial charge in [-0.25, -0.2) is 20.1 Å². The van der Waals surface area contributed by atoms with E-state index in [9.17, 15) is 14.4 Å². The van der Waals surface area contributed by atoms with Crippen molar-refractivity contribution in [2.24, 2.45) is 10.8 Å². The molecule has 0 saturated heterocycles. The molecule has 0 aliphatic carbocycles. The first-order valence-electron chi connectivity index (χ1n) is 7.71. The summed E-state index contributed by atoms with van der Waals surface area (Å²) in [6.07, 6.45) is 2.00. The van der Waals surface area contributed by atoms with Gasteiger partial charge in [-0.05, 0) is 0 Å². The van der Waals surface area contributed by atoms with E-state index in [2.05, 4.69) is 20.3 Å². The fraction of sp³-hybridized carbons (Fsp3) is 0. The molecule has 136 valence electrons. The molecule has 0 radical (unpaired) electrons. The number of aromatic nitrogens is 3. The number of primary amides is 1.